The molecule has 0 aromatic carbocycles. The van der Waals surface area contributed by atoms with Gasteiger partial charge in [-0.3, -0.25) is 9.59 Å². The molecule has 0 bridgehead atoms. The van der Waals surface area contributed by atoms with E-state index in [1.165, 1.54) is 57.8 Å². The molecule has 0 aliphatic rings. The van der Waals surface area contributed by atoms with Crippen LogP contribution >= 0.6 is 0 Å². The summed E-state index contributed by atoms with van der Waals surface area (Å²) in [5.41, 5.74) is -2.78. The van der Waals surface area contributed by atoms with Crippen LogP contribution in [-0.2, 0) is 14.4 Å². The second-order valence-corrected chi connectivity index (χ2v) is 8.08. The molecule has 0 radical (unpaired) electrons. The van der Waals surface area contributed by atoms with E-state index in [9.17, 15) is 24.6 Å². The van der Waals surface area contributed by atoms with Crippen LogP contribution in [0.4, 0.5) is 0 Å². The molecule has 29 heavy (non-hydrogen) atoms. The van der Waals surface area contributed by atoms with Crippen molar-refractivity contribution < 1.29 is 34.8 Å². The van der Waals surface area contributed by atoms with Crippen molar-refractivity contribution in [2.24, 2.45) is 5.92 Å². The van der Waals surface area contributed by atoms with Gasteiger partial charge in [-0.1, -0.05) is 96.8 Å². The van der Waals surface area contributed by atoms with Gasteiger partial charge in [-0.15, -0.1) is 0 Å². The number of carboxylic acid groups (broad SMARTS) is 3. The van der Waals surface area contributed by atoms with Crippen molar-refractivity contribution in [3.63, 3.8) is 0 Å². The second kappa shape index (κ2) is 16.2. The maximum absolute atomic E-state index is 11.4. The minimum absolute atomic E-state index is 0.0521. The van der Waals surface area contributed by atoms with Crippen molar-refractivity contribution in [1.82, 2.24) is 0 Å². The van der Waals surface area contributed by atoms with Crippen LogP contribution in [0.25, 0.3) is 0 Å². The zero-order chi connectivity index (χ0) is 22.1. The maximum atomic E-state index is 11.4. The predicted molar refractivity (Wildman–Crippen MR) is 111 cm³/mol. The van der Waals surface area contributed by atoms with Crippen molar-refractivity contribution in [1.29, 1.82) is 0 Å². The highest BCUT2D eigenvalue weighted by molar-refractivity contribution is 5.89. The van der Waals surface area contributed by atoms with Crippen LogP contribution in [0.3, 0.4) is 0 Å². The molecule has 0 aliphatic carbocycles. The lowest BCUT2D eigenvalue weighted by atomic mass is 9.81. The monoisotopic (exact) mass is 416 g/mol. The van der Waals surface area contributed by atoms with Crippen LogP contribution in [0.15, 0.2) is 0 Å². The summed E-state index contributed by atoms with van der Waals surface area (Å²) in [5, 5.41) is 37.3. The molecule has 0 amide bonds. The van der Waals surface area contributed by atoms with Gasteiger partial charge in [0.05, 0.1) is 12.3 Å². The first-order valence-corrected chi connectivity index (χ1v) is 11.2. The molecule has 0 unspecified atom stereocenters. The average Bonchev–Trinajstić information content (AvgIpc) is 2.63. The molecule has 170 valence electrons. The van der Waals surface area contributed by atoms with E-state index in [1.54, 1.807) is 0 Å². The van der Waals surface area contributed by atoms with E-state index in [2.05, 4.69) is 6.92 Å². The Bertz CT molecular complexity index is 478. The summed E-state index contributed by atoms with van der Waals surface area (Å²) in [6, 6.07) is 0. The normalized spacial score (nSPS) is 14.3. The van der Waals surface area contributed by atoms with Crippen LogP contribution < -0.4 is 0 Å². The molecule has 0 heterocycles. The molecule has 0 saturated carbocycles. The van der Waals surface area contributed by atoms with E-state index >= 15 is 0 Å². The summed E-state index contributed by atoms with van der Waals surface area (Å²) in [6.07, 6.45) is 14.8. The van der Waals surface area contributed by atoms with E-state index in [1.807, 2.05) is 0 Å². The largest absolute Gasteiger partial charge is 0.481 e. The number of hydrogen-bond donors (Lipinski definition) is 4. The average molecular weight is 417 g/mol. The number of unbranched alkanes of at least 4 members (excludes halogenated alkanes) is 13. The number of carbonyl (C=O) groups is 3. The third kappa shape index (κ3) is 12.5. The lowest BCUT2D eigenvalue weighted by Gasteiger charge is -2.28. The first-order valence-electron chi connectivity index (χ1n) is 11.2. The number of hydrogen-bond acceptors (Lipinski definition) is 4. The Balaban J connectivity index is 3.92. The zero-order valence-electron chi connectivity index (χ0n) is 17.9. The van der Waals surface area contributed by atoms with Crippen LogP contribution in [0.5, 0.6) is 0 Å². The minimum Gasteiger partial charge on any atom is -0.481 e. The summed E-state index contributed by atoms with van der Waals surface area (Å²) < 4.78 is 0. The van der Waals surface area contributed by atoms with Crippen molar-refractivity contribution in [2.45, 2.75) is 115 Å². The Hall–Kier alpha value is -1.63. The first kappa shape index (κ1) is 27.4. The van der Waals surface area contributed by atoms with E-state index in [-0.39, 0.29) is 6.42 Å². The quantitative estimate of drug-likeness (QED) is 0.209. The minimum atomic E-state index is -2.78. The van der Waals surface area contributed by atoms with Crippen LogP contribution in [0, 0.1) is 5.92 Å². The van der Waals surface area contributed by atoms with Gasteiger partial charge in [0.1, 0.15) is 0 Å². The zero-order valence-corrected chi connectivity index (χ0v) is 17.9. The predicted octanol–water partition coefficient (Wildman–Crippen LogP) is 4.85. The fourth-order valence-electron chi connectivity index (χ4n) is 3.69. The van der Waals surface area contributed by atoms with Crippen molar-refractivity contribution >= 4 is 17.9 Å². The number of rotatable bonds is 20. The first-order chi connectivity index (χ1) is 13.8. The van der Waals surface area contributed by atoms with Crippen LogP contribution in [0.2, 0.25) is 0 Å². The van der Waals surface area contributed by atoms with E-state index in [0.717, 1.165) is 25.7 Å². The fourth-order valence-corrected chi connectivity index (χ4v) is 3.69. The summed E-state index contributed by atoms with van der Waals surface area (Å²) in [4.78, 5) is 33.5. The Morgan fingerprint density at radius 2 is 1.07 bits per heavy atom. The van der Waals surface area contributed by atoms with Gasteiger partial charge in [0.15, 0.2) is 5.60 Å². The highest BCUT2D eigenvalue weighted by Gasteiger charge is 2.49. The Morgan fingerprint density at radius 3 is 1.38 bits per heavy atom. The number of aliphatic carboxylic acids is 3. The van der Waals surface area contributed by atoms with E-state index < -0.39 is 35.8 Å². The summed E-state index contributed by atoms with van der Waals surface area (Å²) in [6.45, 7) is 2.22. The van der Waals surface area contributed by atoms with Gasteiger partial charge in [-0.25, -0.2) is 4.79 Å². The Kier molecular flexibility index (Phi) is 15.3. The molecule has 7 heteroatoms. The van der Waals surface area contributed by atoms with E-state index in [4.69, 9.17) is 10.2 Å². The summed E-state index contributed by atoms with van der Waals surface area (Å²) in [5.74, 6) is -6.46. The fraction of sp³-hybridized carbons (Fsp3) is 0.864. The third-order valence-corrected chi connectivity index (χ3v) is 5.51. The molecule has 0 saturated heterocycles. The van der Waals surface area contributed by atoms with Crippen molar-refractivity contribution in [3.05, 3.63) is 0 Å². The molecule has 2 atom stereocenters. The van der Waals surface area contributed by atoms with Gasteiger partial charge in [0.25, 0.3) is 0 Å². The lowest BCUT2D eigenvalue weighted by molar-refractivity contribution is -0.179. The van der Waals surface area contributed by atoms with Gasteiger partial charge >= 0.3 is 17.9 Å². The number of aliphatic hydroxyl groups is 1. The molecule has 0 aliphatic heterocycles. The van der Waals surface area contributed by atoms with E-state index in [0.29, 0.717) is 6.42 Å². The van der Waals surface area contributed by atoms with Gasteiger partial charge in [-0.2, -0.15) is 0 Å². The second-order valence-electron chi connectivity index (χ2n) is 8.08. The topological polar surface area (TPSA) is 132 Å². The Labute approximate surface area is 174 Å². The number of carboxylic acids is 3. The highest BCUT2D eigenvalue weighted by atomic mass is 16.4. The van der Waals surface area contributed by atoms with Gasteiger partial charge in [0.2, 0.25) is 0 Å². The molecule has 0 fully saturated rings. The molecule has 0 aromatic heterocycles. The van der Waals surface area contributed by atoms with Crippen molar-refractivity contribution in [3.8, 4) is 0 Å². The highest BCUT2D eigenvalue weighted by Crippen LogP contribution is 2.28. The molecule has 0 rings (SSSR count). The van der Waals surface area contributed by atoms with Crippen LogP contribution in [0.1, 0.15) is 110 Å². The summed E-state index contributed by atoms with van der Waals surface area (Å²) in [7, 11) is 0. The van der Waals surface area contributed by atoms with Crippen LogP contribution in [-0.4, -0.2) is 43.9 Å². The molecule has 4 N–H and O–H groups in total. The third-order valence-electron chi connectivity index (χ3n) is 5.51. The SMILES string of the molecule is CCCCCCCCCCCCCCCC[C@H](C(=O)O)[C@](O)(CC(=O)O)C(=O)O. The van der Waals surface area contributed by atoms with Gasteiger partial charge < -0.3 is 20.4 Å². The molecule has 0 aromatic rings. The smallest absolute Gasteiger partial charge is 0.337 e. The maximum Gasteiger partial charge on any atom is 0.337 e. The Morgan fingerprint density at radius 1 is 0.690 bits per heavy atom. The molecule has 7 nitrogen and oxygen atoms in total. The molecular weight excluding hydrogens is 376 g/mol. The molecular formula is C22H40O7. The van der Waals surface area contributed by atoms with Gasteiger partial charge in [0, 0.05) is 0 Å². The van der Waals surface area contributed by atoms with Crippen molar-refractivity contribution in [2.75, 3.05) is 0 Å². The summed E-state index contributed by atoms with van der Waals surface area (Å²) >= 11 is 0. The molecule has 0 spiro atoms. The lowest BCUT2D eigenvalue weighted by Crippen LogP contribution is -2.50. The standard InChI is InChI=1S/C22H40O7/c1-2-3-4-5-6-7-8-9-10-11-12-13-14-15-16-18(20(25)26)22(29,21(27)28)17-19(23)24/h18,29H,2-17H2,1H3,(H,23,24)(H,25,26)(H,27,28)/t18-,22-/m1/s1. The van der Waals surface area contributed by atoms with Gasteiger partial charge in [-0.05, 0) is 6.42 Å².